The van der Waals surface area contributed by atoms with Crippen molar-refractivity contribution < 1.29 is 0 Å². The lowest BCUT2D eigenvalue weighted by Gasteiger charge is -2.32. The third kappa shape index (κ3) is 3.17. The van der Waals surface area contributed by atoms with Gasteiger partial charge in [-0.05, 0) is 25.2 Å². The fourth-order valence-corrected chi connectivity index (χ4v) is 3.15. The predicted molar refractivity (Wildman–Crippen MR) is 80.6 cm³/mol. The zero-order valence-electron chi connectivity index (χ0n) is 12.4. The van der Waals surface area contributed by atoms with Gasteiger partial charge in [0, 0.05) is 18.7 Å². The maximum Gasteiger partial charge on any atom is 0.134 e. The normalized spacial score (nSPS) is 23.1. The van der Waals surface area contributed by atoms with Crippen molar-refractivity contribution in [2.45, 2.75) is 58.4 Å². The highest BCUT2D eigenvalue weighted by atomic mass is 15.1. The Morgan fingerprint density at radius 3 is 2.58 bits per heavy atom. The Balaban J connectivity index is 2.17. The van der Waals surface area contributed by atoms with Gasteiger partial charge >= 0.3 is 0 Å². The zero-order valence-corrected chi connectivity index (χ0v) is 12.4. The largest absolute Gasteiger partial charge is 0.373 e. The van der Waals surface area contributed by atoms with Crippen molar-refractivity contribution in [2.75, 3.05) is 17.7 Å². The Labute approximate surface area is 116 Å². The van der Waals surface area contributed by atoms with E-state index in [0.29, 0.717) is 6.04 Å². The van der Waals surface area contributed by atoms with Gasteiger partial charge in [0.2, 0.25) is 0 Å². The SMILES string of the molecule is CCc1c(NC)ncnc1NC1CCCCC1CC. The molecule has 2 unspecified atom stereocenters. The number of aromatic nitrogens is 2. The Bertz CT molecular complexity index is 405. The molecule has 1 fully saturated rings. The molecule has 4 heteroatoms. The van der Waals surface area contributed by atoms with Crippen LogP contribution in [0.25, 0.3) is 0 Å². The number of nitrogens with one attached hydrogen (secondary N) is 2. The van der Waals surface area contributed by atoms with Crippen LogP contribution in [-0.2, 0) is 6.42 Å². The predicted octanol–water partition coefficient (Wildman–Crippen LogP) is 3.46. The minimum atomic E-state index is 0.573. The van der Waals surface area contributed by atoms with E-state index in [-0.39, 0.29) is 0 Å². The lowest BCUT2D eigenvalue weighted by Crippen LogP contribution is -2.32. The van der Waals surface area contributed by atoms with E-state index in [9.17, 15) is 0 Å². The van der Waals surface area contributed by atoms with Gasteiger partial charge in [-0.3, -0.25) is 0 Å². The molecule has 1 aromatic heterocycles. The summed E-state index contributed by atoms with van der Waals surface area (Å²) in [6, 6.07) is 0.573. The summed E-state index contributed by atoms with van der Waals surface area (Å²) in [6.45, 7) is 4.45. The topological polar surface area (TPSA) is 49.8 Å². The molecule has 1 aliphatic carbocycles. The van der Waals surface area contributed by atoms with Crippen molar-refractivity contribution in [1.82, 2.24) is 9.97 Å². The highest BCUT2D eigenvalue weighted by Crippen LogP contribution is 2.30. The van der Waals surface area contributed by atoms with Crippen LogP contribution in [0.2, 0.25) is 0 Å². The van der Waals surface area contributed by atoms with Gasteiger partial charge in [-0.1, -0.05) is 33.1 Å². The van der Waals surface area contributed by atoms with E-state index >= 15 is 0 Å². The second-order valence-electron chi connectivity index (χ2n) is 5.36. The van der Waals surface area contributed by atoms with Crippen LogP contribution in [0.15, 0.2) is 6.33 Å². The van der Waals surface area contributed by atoms with Crippen LogP contribution in [-0.4, -0.2) is 23.1 Å². The van der Waals surface area contributed by atoms with Crippen LogP contribution in [0, 0.1) is 5.92 Å². The lowest BCUT2D eigenvalue weighted by atomic mass is 9.83. The minimum absolute atomic E-state index is 0.573. The first-order chi connectivity index (χ1) is 9.30. The molecule has 2 atom stereocenters. The maximum absolute atomic E-state index is 4.46. The Morgan fingerprint density at radius 1 is 1.16 bits per heavy atom. The summed E-state index contributed by atoms with van der Waals surface area (Å²) >= 11 is 0. The fourth-order valence-electron chi connectivity index (χ4n) is 3.15. The van der Waals surface area contributed by atoms with E-state index in [1.807, 2.05) is 7.05 Å². The lowest BCUT2D eigenvalue weighted by molar-refractivity contribution is 0.316. The molecule has 0 saturated heterocycles. The second kappa shape index (κ2) is 6.73. The van der Waals surface area contributed by atoms with Crippen molar-refractivity contribution in [3.63, 3.8) is 0 Å². The minimum Gasteiger partial charge on any atom is -0.373 e. The molecule has 0 aliphatic heterocycles. The van der Waals surface area contributed by atoms with Gasteiger partial charge < -0.3 is 10.6 Å². The molecule has 0 bridgehead atoms. The van der Waals surface area contributed by atoms with E-state index in [2.05, 4.69) is 34.4 Å². The van der Waals surface area contributed by atoms with Crippen molar-refractivity contribution >= 4 is 11.6 Å². The van der Waals surface area contributed by atoms with Gasteiger partial charge in [-0.25, -0.2) is 9.97 Å². The smallest absolute Gasteiger partial charge is 0.134 e. The highest BCUT2D eigenvalue weighted by molar-refractivity contribution is 5.57. The van der Waals surface area contributed by atoms with Crippen LogP contribution in [0.3, 0.4) is 0 Å². The summed E-state index contributed by atoms with van der Waals surface area (Å²) in [4.78, 5) is 8.76. The molecule has 19 heavy (non-hydrogen) atoms. The number of hydrogen-bond donors (Lipinski definition) is 2. The molecule has 1 heterocycles. The Hall–Kier alpha value is -1.32. The first kappa shape index (κ1) is 14.1. The van der Waals surface area contributed by atoms with Crippen molar-refractivity contribution in [3.8, 4) is 0 Å². The van der Waals surface area contributed by atoms with E-state index in [1.165, 1.54) is 37.7 Å². The molecule has 0 aromatic carbocycles. The molecule has 106 valence electrons. The summed E-state index contributed by atoms with van der Waals surface area (Å²) in [5.74, 6) is 2.75. The first-order valence-electron chi connectivity index (χ1n) is 7.58. The fraction of sp³-hybridized carbons (Fsp3) is 0.733. The van der Waals surface area contributed by atoms with Crippen LogP contribution < -0.4 is 10.6 Å². The average molecular weight is 262 g/mol. The van der Waals surface area contributed by atoms with E-state index < -0.39 is 0 Å². The number of nitrogens with zero attached hydrogens (tertiary/aromatic N) is 2. The second-order valence-corrected chi connectivity index (χ2v) is 5.36. The van der Waals surface area contributed by atoms with Gasteiger partial charge in [-0.2, -0.15) is 0 Å². The zero-order chi connectivity index (χ0) is 13.7. The molecule has 1 saturated carbocycles. The van der Waals surface area contributed by atoms with E-state index in [1.54, 1.807) is 6.33 Å². The van der Waals surface area contributed by atoms with Crippen LogP contribution in [0.1, 0.15) is 51.5 Å². The summed E-state index contributed by atoms with van der Waals surface area (Å²) in [5.41, 5.74) is 1.20. The van der Waals surface area contributed by atoms with Gasteiger partial charge in [0.25, 0.3) is 0 Å². The molecule has 0 spiro atoms. The third-order valence-electron chi connectivity index (χ3n) is 4.29. The summed E-state index contributed by atoms with van der Waals surface area (Å²) in [5, 5.41) is 6.84. The van der Waals surface area contributed by atoms with Crippen molar-refractivity contribution in [1.29, 1.82) is 0 Å². The van der Waals surface area contributed by atoms with E-state index in [4.69, 9.17) is 0 Å². The van der Waals surface area contributed by atoms with Crippen LogP contribution in [0.4, 0.5) is 11.6 Å². The Morgan fingerprint density at radius 2 is 1.89 bits per heavy atom. The van der Waals surface area contributed by atoms with Crippen LogP contribution in [0.5, 0.6) is 0 Å². The molecular formula is C15H26N4. The highest BCUT2D eigenvalue weighted by Gasteiger charge is 2.24. The number of anilines is 2. The molecule has 0 radical (unpaired) electrons. The Kier molecular flexibility index (Phi) is 5.00. The molecular weight excluding hydrogens is 236 g/mol. The molecule has 2 N–H and O–H groups in total. The summed E-state index contributed by atoms with van der Waals surface area (Å²) in [7, 11) is 1.92. The van der Waals surface area contributed by atoms with E-state index in [0.717, 1.165) is 24.0 Å². The number of hydrogen-bond acceptors (Lipinski definition) is 4. The van der Waals surface area contributed by atoms with Gasteiger partial charge in [0.1, 0.15) is 18.0 Å². The molecule has 4 nitrogen and oxygen atoms in total. The maximum atomic E-state index is 4.46. The van der Waals surface area contributed by atoms with Crippen molar-refractivity contribution in [3.05, 3.63) is 11.9 Å². The summed E-state index contributed by atoms with van der Waals surface area (Å²) in [6.07, 6.45) is 9.17. The van der Waals surface area contributed by atoms with Gasteiger partial charge in [-0.15, -0.1) is 0 Å². The van der Waals surface area contributed by atoms with Gasteiger partial charge in [0.15, 0.2) is 0 Å². The summed E-state index contributed by atoms with van der Waals surface area (Å²) < 4.78 is 0. The molecule has 0 amide bonds. The average Bonchev–Trinajstić information content (AvgIpc) is 2.47. The molecule has 2 rings (SSSR count). The number of rotatable bonds is 5. The molecule has 1 aromatic rings. The monoisotopic (exact) mass is 262 g/mol. The quantitative estimate of drug-likeness (QED) is 0.853. The van der Waals surface area contributed by atoms with Gasteiger partial charge in [0.05, 0.1) is 0 Å². The third-order valence-corrected chi connectivity index (χ3v) is 4.29. The molecule has 1 aliphatic rings. The van der Waals surface area contributed by atoms with Crippen LogP contribution >= 0.6 is 0 Å². The van der Waals surface area contributed by atoms with Crippen molar-refractivity contribution in [2.24, 2.45) is 5.92 Å². The standard InChI is InChI=1S/C15H26N4/c1-4-11-8-6-7-9-13(11)19-15-12(5-2)14(16-3)17-10-18-15/h10-11,13H,4-9H2,1-3H3,(H2,16,17,18,19). The first-order valence-corrected chi connectivity index (χ1v) is 7.58.